The average Bonchev–Trinajstić information content (AvgIpc) is 2.57. The van der Waals surface area contributed by atoms with Crippen LogP contribution in [0.4, 0.5) is 4.39 Å². The zero-order valence-electron chi connectivity index (χ0n) is 14.3. The first-order valence-corrected chi connectivity index (χ1v) is 8.73. The minimum absolute atomic E-state index is 0.212. The normalized spacial score (nSPS) is 19.6. The Morgan fingerprint density at radius 3 is 2.91 bits per heavy atom. The van der Waals surface area contributed by atoms with Crippen molar-refractivity contribution in [1.29, 1.82) is 0 Å². The number of piperidine rings is 1. The second kappa shape index (κ2) is 9.50. The largest absolute Gasteiger partial charge is 0.357 e. The quantitative estimate of drug-likeness (QED) is 0.625. The molecule has 128 valence electrons. The molecule has 1 unspecified atom stereocenters. The number of guanidine groups is 1. The van der Waals surface area contributed by atoms with Crippen molar-refractivity contribution >= 4 is 5.96 Å². The predicted octanol–water partition coefficient (Wildman–Crippen LogP) is 2.76. The van der Waals surface area contributed by atoms with E-state index in [9.17, 15) is 4.39 Å². The smallest absolute Gasteiger partial charge is 0.191 e. The summed E-state index contributed by atoms with van der Waals surface area (Å²) in [5.74, 6) is 0.592. The fourth-order valence-electron chi connectivity index (χ4n) is 3.07. The molecule has 5 heteroatoms. The topological polar surface area (TPSA) is 39.7 Å². The van der Waals surface area contributed by atoms with Crippen molar-refractivity contribution in [3.8, 4) is 0 Å². The lowest BCUT2D eigenvalue weighted by molar-refractivity contribution is 0.157. The van der Waals surface area contributed by atoms with Gasteiger partial charge in [0.1, 0.15) is 5.82 Å². The molecule has 0 saturated carbocycles. The van der Waals surface area contributed by atoms with E-state index in [0.29, 0.717) is 12.6 Å². The van der Waals surface area contributed by atoms with E-state index in [2.05, 4.69) is 34.4 Å². The number of nitrogens with one attached hydrogen (secondary N) is 2. The van der Waals surface area contributed by atoms with E-state index in [4.69, 9.17) is 0 Å². The van der Waals surface area contributed by atoms with Gasteiger partial charge in [-0.3, -0.25) is 4.90 Å². The van der Waals surface area contributed by atoms with Crippen LogP contribution in [0.1, 0.15) is 38.7 Å². The summed E-state index contributed by atoms with van der Waals surface area (Å²) >= 11 is 0. The first-order valence-electron chi connectivity index (χ1n) is 8.73. The summed E-state index contributed by atoms with van der Waals surface area (Å²) in [4.78, 5) is 7.10. The lowest BCUT2D eigenvalue weighted by Crippen LogP contribution is -2.49. The molecular weight excluding hydrogens is 291 g/mol. The summed E-state index contributed by atoms with van der Waals surface area (Å²) in [5, 5.41) is 6.71. The number of likely N-dealkylation sites (tertiary alicyclic amines) is 1. The molecule has 1 heterocycles. The molecule has 0 bridgehead atoms. The van der Waals surface area contributed by atoms with Crippen LogP contribution >= 0.6 is 0 Å². The Kier molecular flexibility index (Phi) is 7.33. The van der Waals surface area contributed by atoms with E-state index in [-0.39, 0.29) is 5.82 Å². The predicted molar refractivity (Wildman–Crippen MR) is 94.1 cm³/mol. The van der Waals surface area contributed by atoms with Crippen LogP contribution in [0.3, 0.4) is 0 Å². The van der Waals surface area contributed by atoms with Gasteiger partial charge in [-0.05, 0) is 50.6 Å². The van der Waals surface area contributed by atoms with Crippen molar-refractivity contribution in [1.82, 2.24) is 15.5 Å². The number of hydrogen-bond acceptors (Lipinski definition) is 2. The van der Waals surface area contributed by atoms with Crippen molar-refractivity contribution in [3.05, 3.63) is 35.6 Å². The molecule has 0 spiro atoms. The lowest BCUT2D eigenvalue weighted by atomic mass is 10.0. The molecule has 1 atom stereocenters. The van der Waals surface area contributed by atoms with Crippen LogP contribution in [0.2, 0.25) is 0 Å². The number of rotatable bonds is 6. The molecule has 1 fully saturated rings. The van der Waals surface area contributed by atoms with Crippen LogP contribution in [-0.4, -0.2) is 43.1 Å². The molecule has 23 heavy (non-hydrogen) atoms. The summed E-state index contributed by atoms with van der Waals surface area (Å²) in [6.45, 7) is 8.78. The van der Waals surface area contributed by atoms with Gasteiger partial charge in [0.25, 0.3) is 0 Å². The zero-order chi connectivity index (χ0) is 16.5. The summed E-state index contributed by atoms with van der Waals surface area (Å²) in [6, 6.07) is 7.19. The molecular formula is C18H29FN4. The maximum Gasteiger partial charge on any atom is 0.191 e. The Hall–Kier alpha value is -1.62. The fraction of sp³-hybridized carbons (Fsp3) is 0.611. The lowest BCUT2D eigenvalue weighted by Gasteiger charge is -2.35. The van der Waals surface area contributed by atoms with Crippen molar-refractivity contribution in [2.24, 2.45) is 4.99 Å². The summed E-state index contributed by atoms with van der Waals surface area (Å²) in [5.41, 5.74) is 0.884. The van der Waals surface area contributed by atoms with E-state index in [1.807, 2.05) is 6.07 Å². The molecule has 1 aliphatic heterocycles. The second-order valence-corrected chi connectivity index (χ2v) is 5.98. The van der Waals surface area contributed by atoms with Crippen LogP contribution in [0.25, 0.3) is 0 Å². The first-order chi connectivity index (χ1) is 11.2. The molecule has 1 aromatic rings. The van der Waals surface area contributed by atoms with Crippen LogP contribution in [-0.2, 0) is 6.54 Å². The second-order valence-electron chi connectivity index (χ2n) is 5.98. The molecule has 0 radical (unpaired) electrons. The molecule has 1 saturated heterocycles. The Bertz CT molecular complexity index is 504. The Morgan fingerprint density at radius 1 is 1.30 bits per heavy atom. The van der Waals surface area contributed by atoms with Gasteiger partial charge in [0.15, 0.2) is 5.96 Å². The maximum absolute atomic E-state index is 13.2. The van der Waals surface area contributed by atoms with Gasteiger partial charge in [0.05, 0.1) is 6.54 Å². The number of aliphatic imine (C=N–C) groups is 1. The Labute approximate surface area is 139 Å². The van der Waals surface area contributed by atoms with Crippen LogP contribution < -0.4 is 10.6 Å². The van der Waals surface area contributed by atoms with Gasteiger partial charge in [-0.15, -0.1) is 0 Å². The molecule has 0 aliphatic carbocycles. The highest BCUT2D eigenvalue weighted by atomic mass is 19.1. The van der Waals surface area contributed by atoms with Crippen LogP contribution in [0.15, 0.2) is 29.3 Å². The summed E-state index contributed by atoms with van der Waals surface area (Å²) in [7, 11) is 0. The van der Waals surface area contributed by atoms with Gasteiger partial charge < -0.3 is 10.6 Å². The van der Waals surface area contributed by atoms with Gasteiger partial charge in [0.2, 0.25) is 0 Å². The number of nitrogens with zero attached hydrogens (tertiary/aromatic N) is 2. The zero-order valence-corrected chi connectivity index (χ0v) is 14.3. The number of benzene rings is 1. The molecule has 2 N–H and O–H groups in total. The minimum Gasteiger partial charge on any atom is -0.357 e. The van der Waals surface area contributed by atoms with Crippen LogP contribution in [0.5, 0.6) is 0 Å². The van der Waals surface area contributed by atoms with E-state index >= 15 is 0 Å². The molecule has 0 aromatic heterocycles. The number of hydrogen-bond donors (Lipinski definition) is 2. The molecule has 1 aromatic carbocycles. The highest BCUT2D eigenvalue weighted by Gasteiger charge is 2.20. The summed E-state index contributed by atoms with van der Waals surface area (Å²) < 4.78 is 13.2. The highest BCUT2D eigenvalue weighted by molar-refractivity contribution is 5.79. The van der Waals surface area contributed by atoms with E-state index < -0.39 is 0 Å². The Morgan fingerprint density at radius 2 is 2.17 bits per heavy atom. The highest BCUT2D eigenvalue weighted by Crippen LogP contribution is 2.15. The number of halogens is 1. The van der Waals surface area contributed by atoms with Crippen molar-refractivity contribution in [3.63, 3.8) is 0 Å². The number of likely N-dealkylation sites (N-methyl/N-ethyl adjacent to an activating group) is 1. The minimum atomic E-state index is -0.212. The maximum atomic E-state index is 13.2. The molecule has 1 aliphatic rings. The average molecular weight is 320 g/mol. The fourth-order valence-corrected chi connectivity index (χ4v) is 3.07. The first kappa shape index (κ1) is 17.7. The van der Waals surface area contributed by atoms with Gasteiger partial charge >= 0.3 is 0 Å². The third-order valence-electron chi connectivity index (χ3n) is 4.31. The van der Waals surface area contributed by atoms with Gasteiger partial charge in [-0.2, -0.15) is 0 Å². The Balaban J connectivity index is 1.90. The van der Waals surface area contributed by atoms with Crippen molar-refractivity contribution < 1.29 is 4.39 Å². The molecule has 0 amide bonds. The monoisotopic (exact) mass is 320 g/mol. The summed E-state index contributed by atoms with van der Waals surface area (Å²) in [6.07, 6.45) is 3.85. The van der Waals surface area contributed by atoms with Crippen LogP contribution in [0, 0.1) is 5.82 Å². The van der Waals surface area contributed by atoms with Gasteiger partial charge in [-0.1, -0.05) is 25.5 Å². The third kappa shape index (κ3) is 5.82. The third-order valence-corrected chi connectivity index (χ3v) is 4.31. The van der Waals surface area contributed by atoms with E-state index in [1.165, 1.54) is 37.9 Å². The van der Waals surface area contributed by atoms with Crippen molar-refractivity contribution in [2.75, 3.05) is 26.2 Å². The molecule has 4 nitrogen and oxygen atoms in total. The molecule has 2 rings (SSSR count). The van der Waals surface area contributed by atoms with E-state index in [0.717, 1.165) is 31.2 Å². The van der Waals surface area contributed by atoms with E-state index in [1.54, 1.807) is 6.07 Å². The van der Waals surface area contributed by atoms with Gasteiger partial charge in [0, 0.05) is 19.1 Å². The SMILES string of the molecule is CCNC(=NCc1cccc(F)c1)NCC1CCCCN1CC. The standard InChI is InChI=1S/C18H29FN4/c1-3-20-18(21-13-15-8-7-9-16(19)12-15)22-14-17-10-5-6-11-23(17)4-2/h7-9,12,17H,3-6,10-11,13-14H2,1-2H3,(H2,20,21,22). The van der Waals surface area contributed by atoms with Gasteiger partial charge in [-0.25, -0.2) is 9.38 Å². The van der Waals surface area contributed by atoms with Crippen molar-refractivity contribution in [2.45, 2.75) is 45.7 Å².